The number of nitrogens with two attached hydrogens (primary N) is 2. The van der Waals surface area contributed by atoms with Gasteiger partial charge in [0.1, 0.15) is 0 Å². The molecular weight excluding hydrogens is 332 g/mol. The fourth-order valence-corrected chi connectivity index (χ4v) is 2.88. The third kappa shape index (κ3) is 3.72. The van der Waals surface area contributed by atoms with Gasteiger partial charge in [-0.05, 0) is 31.2 Å². The summed E-state index contributed by atoms with van der Waals surface area (Å²) in [5.74, 6) is -0.916. The van der Waals surface area contributed by atoms with Crippen molar-refractivity contribution in [2.24, 2.45) is 28.5 Å². The van der Waals surface area contributed by atoms with Gasteiger partial charge in [0, 0.05) is 36.4 Å². The predicted octanol–water partition coefficient (Wildman–Crippen LogP) is 0.170. The van der Waals surface area contributed by atoms with Crippen LogP contribution in [0.25, 0.3) is 10.9 Å². The average molecular weight is 354 g/mol. The number of guanidine groups is 1. The summed E-state index contributed by atoms with van der Waals surface area (Å²) in [7, 11) is 1.94. The SMILES string of the molecule is Cn1ccc2c(NC(=NC(N)=N[C@@H]3CCNC3)C(=N)C(N)=O)cccc21. The van der Waals surface area contributed by atoms with E-state index in [0.717, 1.165) is 30.4 Å². The van der Waals surface area contributed by atoms with E-state index in [1.165, 1.54) is 0 Å². The minimum atomic E-state index is -0.896. The zero-order chi connectivity index (χ0) is 18.7. The molecule has 9 nitrogen and oxygen atoms in total. The Labute approximate surface area is 150 Å². The number of nitrogens with one attached hydrogen (secondary N) is 3. The van der Waals surface area contributed by atoms with Gasteiger partial charge in [0.2, 0.25) is 5.96 Å². The number of carbonyl (C=O) groups excluding carboxylic acids is 1. The largest absolute Gasteiger partial charge is 0.368 e. The van der Waals surface area contributed by atoms with Crippen molar-refractivity contribution >= 4 is 40.0 Å². The van der Waals surface area contributed by atoms with Crippen LogP contribution in [0.1, 0.15) is 6.42 Å². The molecule has 2 heterocycles. The first kappa shape index (κ1) is 17.6. The van der Waals surface area contributed by atoms with Crippen LogP contribution in [-0.4, -0.2) is 47.1 Å². The molecule has 9 heteroatoms. The lowest BCUT2D eigenvalue weighted by Crippen LogP contribution is -2.36. The maximum Gasteiger partial charge on any atom is 0.270 e. The second-order valence-corrected chi connectivity index (χ2v) is 6.12. The van der Waals surface area contributed by atoms with Crippen LogP contribution in [-0.2, 0) is 11.8 Å². The van der Waals surface area contributed by atoms with Crippen molar-refractivity contribution in [2.75, 3.05) is 18.4 Å². The highest BCUT2D eigenvalue weighted by Gasteiger charge is 2.17. The highest BCUT2D eigenvalue weighted by molar-refractivity contribution is 6.68. The molecule has 1 aliphatic rings. The van der Waals surface area contributed by atoms with E-state index < -0.39 is 11.6 Å². The Morgan fingerprint density at radius 3 is 2.88 bits per heavy atom. The summed E-state index contributed by atoms with van der Waals surface area (Å²) >= 11 is 0. The smallest absolute Gasteiger partial charge is 0.270 e. The summed E-state index contributed by atoms with van der Waals surface area (Å²) in [5, 5.41) is 15.1. The summed E-state index contributed by atoms with van der Waals surface area (Å²) in [6.07, 6.45) is 2.80. The summed E-state index contributed by atoms with van der Waals surface area (Å²) in [4.78, 5) is 20.0. The Morgan fingerprint density at radius 2 is 2.19 bits per heavy atom. The maximum absolute atomic E-state index is 11.5. The van der Waals surface area contributed by atoms with Crippen molar-refractivity contribution in [3.63, 3.8) is 0 Å². The molecule has 0 saturated carbocycles. The second-order valence-electron chi connectivity index (χ2n) is 6.12. The summed E-state index contributed by atoms with van der Waals surface area (Å²) in [6, 6.07) is 7.66. The number of aryl methyl sites for hydroxylation is 1. The van der Waals surface area contributed by atoms with Crippen LogP contribution in [0, 0.1) is 5.41 Å². The number of hydrogen-bond donors (Lipinski definition) is 5. The van der Waals surface area contributed by atoms with Crippen molar-refractivity contribution in [1.82, 2.24) is 9.88 Å². The Kier molecular flexibility index (Phi) is 4.99. The van der Waals surface area contributed by atoms with Crippen LogP contribution in [0.5, 0.6) is 0 Å². The van der Waals surface area contributed by atoms with Crippen molar-refractivity contribution in [2.45, 2.75) is 12.5 Å². The Hall–Kier alpha value is -3.20. The number of primary amides is 1. The molecule has 1 aromatic heterocycles. The number of rotatable bonds is 4. The van der Waals surface area contributed by atoms with Crippen molar-refractivity contribution < 1.29 is 4.79 Å². The zero-order valence-corrected chi connectivity index (χ0v) is 14.5. The number of benzene rings is 1. The first-order valence-corrected chi connectivity index (χ1v) is 8.28. The van der Waals surface area contributed by atoms with Crippen molar-refractivity contribution in [1.29, 1.82) is 5.41 Å². The number of aliphatic imine (C=N–C) groups is 2. The monoisotopic (exact) mass is 354 g/mol. The molecule has 7 N–H and O–H groups in total. The fourth-order valence-electron chi connectivity index (χ4n) is 2.88. The van der Waals surface area contributed by atoms with E-state index in [4.69, 9.17) is 16.9 Å². The molecule has 1 saturated heterocycles. The number of hydrogen-bond acceptors (Lipinski definition) is 4. The van der Waals surface area contributed by atoms with Gasteiger partial charge in [0.15, 0.2) is 11.5 Å². The van der Waals surface area contributed by atoms with E-state index in [9.17, 15) is 4.79 Å². The highest BCUT2D eigenvalue weighted by atomic mass is 16.1. The molecule has 0 radical (unpaired) electrons. The van der Waals surface area contributed by atoms with E-state index in [1.54, 1.807) is 0 Å². The standard InChI is InChI=1S/C17H22N8O/c1-25-8-6-11-12(3-2-4-13(11)25)23-16(14(18)15(19)26)24-17(20)22-10-5-7-21-9-10/h2-4,6,8,10,18,21H,5,7,9H2,1H3,(H2,19,26)(H3,20,22,23,24)/t10-/m1/s1. The molecule has 1 aromatic carbocycles. The summed E-state index contributed by atoms with van der Waals surface area (Å²) in [6.45, 7) is 1.61. The quantitative estimate of drug-likeness (QED) is 0.393. The van der Waals surface area contributed by atoms with Crippen LogP contribution < -0.4 is 22.1 Å². The first-order chi connectivity index (χ1) is 12.5. The molecule has 0 aliphatic carbocycles. The van der Waals surface area contributed by atoms with Gasteiger partial charge in [-0.2, -0.15) is 4.99 Å². The van der Waals surface area contributed by atoms with Crippen molar-refractivity contribution in [3.05, 3.63) is 30.5 Å². The fraction of sp³-hybridized carbons (Fsp3) is 0.294. The van der Waals surface area contributed by atoms with E-state index in [-0.39, 0.29) is 17.8 Å². The lowest BCUT2D eigenvalue weighted by Gasteiger charge is -2.11. The summed E-state index contributed by atoms with van der Waals surface area (Å²) in [5.41, 5.74) is 12.4. The van der Waals surface area contributed by atoms with Gasteiger partial charge in [0.25, 0.3) is 5.91 Å². The number of aromatic nitrogens is 1. The van der Waals surface area contributed by atoms with E-state index >= 15 is 0 Å². The lowest BCUT2D eigenvalue weighted by atomic mass is 10.2. The number of fused-ring (bicyclic) bond motifs is 1. The van der Waals surface area contributed by atoms with Crippen LogP contribution in [0.15, 0.2) is 40.4 Å². The molecule has 1 amide bonds. The van der Waals surface area contributed by atoms with Gasteiger partial charge in [-0.3, -0.25) is 10.2 Å². The summed E-state index contributed by atoms with van der Waals surface area (Å²) < 4.78 is 1.97. The Balaban J connectivity index is 1.94. The van der Waals surface area contributed by atoms with Crippen LogP contribution in [0.3, 0.4) is 0 Å². The Morgan fingerprint density at radius 1 is 1.38 bits per heavy atom. The van der Waals surface area contributed by atoms with Crippen LogP contribution in [0.2, 0.25) is 0 Å². The molecule has 1 aliphatic heterocycles. The third-order valence-electron chi connectivity index (χ3n) is 4.24. The minimum absolute atomic E-state index is 0.00689. The molecule has 0 unspecified atom stereocenters. The molecule has 26 heavy (non-hydrogen) atoms. The van der Waals surface area contributed by atoms with Crippen LogP contribution >= 0.6 is 0 Å². The highest BCUT2D eigenvalue weighted by Crippen LogP contribution is 2.24. The normalized spacial score (nSPS) is 18.3. The molecule has 0 spiro atoms. The first-order valence-electron chi connectivity index (χ1n) is 8.28. The molecule has 2 aromatic rings. The number of amidine groups is 1. The number of carbonyl (C=O) groups is 1. The average Bonchev–Trinajstić information content (AvgIpc) is 3.24. The van der Waals surface area contributed by atoms with Gasteiger partial charge in [-0.15, -0.1) is 0 Å². The topological polar surface area (TPSA) is 147 Å². The number of nitrogens with zero attached hydrogens (tertiary/aromatic N) is 3. The minimum Gasteiger partial charge on any atom is -0.368 e. The molecule has 3 rings (SSSR count). The van der Waals surface area contributed by atoms with Gasteiger partial charge in [0.05, 0.1) is 6.04 Å². The van der Waals surface area contributed by atoms with Gasteiger partial charge >= 0.3 is 0 Å². The lowest BCUT2D eigenvalue weighted by molar-refractivity contribution is -0.111. The van der Waals surface area contributed by atoms with Crippen LogP contribution in [0.4, 0.5) is 5.69 Å². The third-order valence-corrected chi connectivity index (χ3v) is 4.24. The van der Waals surface area contributed by atoms with Gasteiger partial charge < -0.3 is 26.7 Å². The molecule has 1 fully saturated rings. The van der Waals surface area contributed by atoms with E-state index in [0.29, 0.717) is 5.69 Å². The van der Waals surface area contributed by atoms with E-state index in [1.807, 2.05) is 42.1 Å². The molecule has 1 atom stereocenters. The molecule has 136 valence electrons. The second kappa shape index (κ2) is 7.36. The molecule has 0 bridgehead atoms. The maximum atomic E-state index is 11.5. The number of anilines is 1. The van der Waals surface area contributed by atoms with E-state index in [2.05, 4.69) is 20.6 Å². The molecular formula is C17H22N8O. The van der Waals surface area contributed by atoms with Crippen molar-refractivity contribution in [3.8, 4) is 0 Å². The van der Waals surface area contributed by atoms with Gasteiger partial charge in [-0.25, -0.2) is 4.99 Å². The zero-order valence-electron chi connectivity index (χ0n) is 14.5. The number of amides is 1. The Bertz CT molecular complexity index is 905. The van der Waals surface area contributed by atoms with Gasteiger partial charge in [-0.1, -0.05) is 6.07 Å². The predicted molar refractivity (Wildman–Crippen MR) is 104 cm³/mol.